The van der Waals surface area contributed by atoms with E-state index < -0.39 is 32.5 Å². The molecule has 0 saturated carbocycles. The van der Waals surface area contributed by atoms with Gasteiger partial charge in [-0.05, 0) is 77.0 Å². The zero-order chi connectivity index (χ0) is 40.3. The van der Waals surface area contributed by atoms with Gasteiger partial charge in [0.2, 0.25) is 0 Å². The van der Waals surface area contributed by atoms with Crippen molar-refractivity contribution in [1.29, 1.82) is 0 Å². The Balaban J connectivity index is 4.35. The normalized spacial score (nSPS) is 14.2. The van der Waals surface area contributed by atoms with Gasteiger partial charge in [0.1, 0.15) is 6.61 Å². The van der Waals surface area contributed by atoms with Crippen molar-refractivity contribution in [3.05, 3.63) is 85.1 Å². The predicted molar refractivity (Wildman–Crippen MR) is 229 cm³/mol. The zero-order valence-corrected chi connectivity index (χ0v) is 35.3. The van der Waals surface area contributed by atoms with Gasteiger partial charge in [0.25, 0.3) is 0 Å². The average Bonchev–Trinajstić information content (AvgIpc) is 3.17. The molecule has 0 radical (unpaired) electrons. The van der Waals surface area contributed by atoms with Gasteiger partial charge in [-0.3, -0.25) is 18.6 Å². The molecule has 0 aromatic rings. The summed E-state index contributed by atoms with van der Waals surface area (Å²) in [5.41, 5.74) is 5.34. The topological polar surface area (TPSA) is 134 Å². The first-order chi connectivity index (χ1) is 26.8. The maximum Gasteiger partial charge on any atom is 0.472 e. The summed E-state index contributed by atoms with van der Waals surface area (Å²) in [4.78, 5) is 34.8. The highest BCUT2D eigenvalue weighted by molar-refractivity contribution is 7.47. The summed E-state index contributed by atoms with van der Waals surface area (Å²) >= 11 is 0. The van der Waals surface area contributed by atoms with Crippen molar-refractivity contribution in [2.45, 2.75) is 161 Å². The van der Waals surface area contributed by atoms with Crippen LogP contribution in [-0.4, -0.2) is 49.3 Å². The lowest BCUT2D eigenvalue weighted by molar-refractivity contribution is -0.161. The SMILES string of the molecule is CC/C=C/C/C=C/C/C=C/C/C=C/C/C=C/C/C=C/CCC(=O)O[C@H](COC(=O)CCCCC/C=C/CCCCCCCCCC)COP(=O)(O)OCCN. The molecule has 55 heavy (non-hydrogen) atoms. The Hall–Kier alpha value is -2.81. The summed E-state index contributed by atoms with van der Waals surface area (Å²) in [6.45, 7) is 3.49. The van der Waals surface area contributed by atoms with Gasteiger partial charge < -0.3 is 20.1 Å². The van der Waals surface area contributed by atoms with Crippen LogP contribution in [0.2, 0.25) is 0 Å². The number of unbranched alkanes of at least 4 members (excludes halogenated alkanes) is 11. The van der Waals surface area contributed by atoms with Crippen LogP contribution in [0.5, 0.6) is 0 Å². The van der Waals surface area contributed by atoms with E-state index in [9.17, 15) is 19.0 Å². The molecule has 0 aromatic heterocycles. The molecule has 314 valence electrons. The van der Waals surface area contributed by atoms with Crippen LogP contribution in [0.4, 0.5) is 0 Å². The van der Waals surface area contributed by atoms with Crippen molar-refractivity contribution < 1.29 is 37.6 Å². The third-order valence-electron chi connectivity index (χ3n) is 8.28. The third kappa shape index (κ3) is 40.7. The Morgan fingerprint density at radius 1 is 0.564 bits per heavy atom. The number of phosphoric ester groups is 1. The Morgan fingerprint density at radius 3 is 1.56 bits per heavy atom. The molecule has 10 heteroatoms. The summed E-state index contributed by atoms with van der Waals surface area (Å²) in [5, 5.41) is 0. The fourth-order valence-corrected chi connectivity index (χ4v) is 5.95. The van der Waals surface area contributed by atoms with Gasteiger partial charge in [0, 0.05) is 19.4 Å². The second-order valence-electron chi connectivity index (χ2n) is 13.5. The van der Waals surface area contributed by atoms with Crippen LogP contribution in [-0.2, 0) is 32.7 Å². The molecule has 0 rings (SSSR count). The van der Waals surface area contributed by atoms with Crippen LogP contribution < -0.4 is 5.73 Å². The standard InChI is InChI=1S/C45H76NO8P/c1-3-5-7-9-11-13-15-17-19-20-21-22-24-26-28-30-32-34-36-38-45(48)54-43(42-53-55(49,50)52-40-39-46)41-51-44(47)37-35-33-31-29-27-25-23-18-16-14-12-10-8-6-4-2/h5,7,11,13,17,19,21-22,25-28,32,34,43H,3-4,6,8-10,12,14-16,18,20,23-24,29-31,33,35-42,46H2,1-2H3,(H,49,50)/b7-5+,13-11+,19-17+,22-21+,27-25+,28-26+,34-32+/t43-/m1/s1. The lowest BCUT2D eigenvalue weighted by Crippen LogP contribution is -2.29. The van der Waals surface area contributed by atoms with E-state index in [1.165, 1.54) is 51.4 Å². The van der Waals surface area contributed by atoms with E-state index in [2.05, 4.69) is 86.8 Å². The Morgan fingerprint density at radius 2 is 1.04 bits per heavy atom. The number of rotatable bonds is 38. The molecule has 0 heterocycles. The molecule has 3 N–H and O–H groups in total. The molecule has 0 aliphatic carbocycles. The summed E-state index contributed by atoms with van der Waals surface area (Å²) in [5.74, 6) is -0.953. The highest BCUT2D eigenvalue weighted by Gasteiger charge is 2.25. The van der Waals surface area contributed by atoms with E-state index in [4.69, 9.17) is 24.3 Å². The molecule has 0 spiro atoms. The molecule has 1 unspecified atom stereocenters. The van der Waals surface area contributed by atoms with E-state index in [0.717, 1.165) is 64.2 Å². The Labute approximate surface area is 334 Å². The van der Waals surface area contributed by atoms with Crippen LogP contribution in [0.15, 0.2) is 85.1 Å². The van der Waals surface area contributed by atoms with Crippen LogP contribution in [0, 0.1) is 0 Å². The monoisotopic (exact) mass is 790 g/mol. The van der Waals surface area contributed by atoms with E-state index in [1.807, 2.05) is 12.2 Å². The number of esters is 2. The number of phosphoric acid groups is 1. The van der Waals surface area contributed by atoms with Crippen molar-refractivity contribution >= 4 is 19.8 Å². The number of hydrogen-bond donors (Lipinski definition) is 2. The Kier molecular flexibility index (Phi) is 38.8. The highest BCUT2D eigenvalue weighted by Crippen LogP contribution is 2.43. The minimum absolute atomic E-state index is 0.0358. The van der Waals surface area contributed by atoms with Gasteiger partial charge in [-0.1, -0.05) is 150 Å². The third-order valence-corrected chi connectivity index (χ3v) is 9.26. The maximum atomic E-state index is 12.5. The minimum atomic E-state index is -4.40. The molecule has 0 aliphatic rings. The number of carbonyl (C=O) groups is 2. The fourth-order valence-electron chi connectivity index (χ4n) is 5.18. The van der Waals surface area contributed by atoms with E-state index in [1.54, 1.807) is 0 Å². The largest absolute Gasteiger partial charge is 0.472 e. The summed E-state index contributed by atoms with van der Waals surface area (Å²) in [7, 11) is -4.40. The smallest absolute Gasteiger partial charge is 0.462 e. The van der Waals surface area contributed by atoms with Crippen molar-refractivity contribution in [2.24, 2.45) is 5.73 Å². The first-order valence-corrected chi connectivity index (χ1v) is 22.6. The van der Waals surface area contributed by atoms with Crippen LogP contribution >= 0.6 is 7.82 Å². The maximum absolute atomic E-state index is 12.5. The van der Waals surface area contributed by atoms with Gasteiger partial charge >= 0.3 is 19.8 Å². The van der Waals surface area contributed by atoms with Gasteiger partial charge in [0.15, 0.2) is 6.10 Å². The van der Waals surface area contributed by atoms with Crippen LogP contribution in [0.3, 0.4) is 0 Å². The number of nitrogens with two attached hydrogens (primary N) is 1. The quantitative estimate of drug-likeness (QED) is 0.0271. The van der Waals surface area contributed by atoms with Gasteiger partial charge in [0.05, 0.1) is 13.2 Å². The number of hydrogen-bond acceptors (Lipinski definition) is 8. The lowest BCUT2D eigenvalue weighted by Gasteiger charge is -2.19. The summed E-state index contributed by atoms with van der Waals surface area (Å²) < 4.78 is 32.6. The van der Waals surface area contributed by atoms with E-state index >= 15 is 0 Å². The summed E-state index contributed by atoms with van der Waals surface area (Å²) in [6.07, 6.45) is 50.6. The molecular formula is C45H76NO8P. The van der Waals surface area contributed by atoms with Crippen molar-refractivity contribution in [3.8, 4) is 0 Å². The van der Waals surface area contributed by atoms with Crippen molar-refractivity contribution in [1.82, 2.24) is 0 Å². The number of carbonyl (C=O) groups excluding carboxylic acids is 2. The van der Waals surface area contributed by atoms with Crippen molar-refractivity contribution in [3.63, 3.8) is 0 Å². The number of allylic oxidation sites excluding steroid dienone is 14. The number of ether oxygens (including phenoxy) is 2. The lowest BCUT2D eigenvalue weighted by atomic mass is 10.1. The highest BCUT2D eigenvalue weighted by atomic mass is 31.2. The zero-order valence-electron chi connectivity index (χ0n) is 34.4. The van der Waals surface area contributed by atoms with Gasteiger partial charge in [-0.2, -0.15) is 0 Å². The second-order valence-corrected chi connectivity index (χ2v) is 14.9. The van der Waals surface area contributed by atoms with Gasteiger partial charge in [-0.15, -0.1) is 0 Å². The first-order valence-electron chi connectivity index (χ1n) is 21.1. The second kappa shape index (κ2) is 40.8. The Bertz CT molecular complexity index is 1170. The van der Waals surface area contributed by atoms with E-state index in [0.29, 0.717) is 12.8 Å². The molecule has 0 saturated heterocycles. The minimum Gasteiger partial charge on any atom is -0.462 e. The molecule has 0 bridgehead atoms. The van der Waals surface area contributed by atoms with Crippen molar-refractivity contribution in [2.75, 3.05) is 26.4 Å². The predicted octanol–water partition coefficient (Wildman–Crippen LogP) is 12.0. The van der Waals surface area contributed by atoms with Crippen LogP contribution in [0.1, 0.15) is 155 Å². The molecule has 9 nitrogen and oxygen atoms in total. The van der Waals surface area contributed by atoms with E-state index in [-0.39, 0.29) is 32.6 Å². The molecule has 0 fully saturated rings. The molecular weight excluding hydrogens is 713 g/mol. The molecule has 0 amide bonds. The molecule has 0 aromatic carbocycles. The fraction of sp³-hybridized carbons (Fsp3) is 0.644. The molecule has 2 atom stereocenters. The average molecular weight is 790 g/mol. The molecule has 0 aliphatic heterocycles. The van der Waals surface area contributed by atoms with Gasteiger partial charge in [-0.25, -0.2) is 4.57 Å². The van der Waals surface area contributed by atoms with Crippen LogP contribution in [0.25, 0.3) is 0 Å². The summed E-state index contributed by atoms with van der Waals surface area (Å²) in [6, 6.07) is 0. The first kappa shape index (κ1) is 52.2.